The number of hydrogen-bond acceptors (Lipinski definition) is 5. The molecule has 1 atom stereocenters. The van der Waals surface area contributed by atoms with Crippen molar-refractivity contribution in [1.29, 1.82) is 0 Å². The van der Waals surface area contributed by atoms with Crippen LogP contribution in [0.4, 0.5) is 0 Å². The zero-order chi connectivity index (χ0) is 10.3. The largest absolute Gasteiger partial charge is 0.479 e. The van der Waals surface area contributed by atoms with Crippen LogP contribution in [0, 0.1) is 0 Å². The first-order chi connectivity index (χ1) is 6.11. The monoisotopic (exact) mass is 192 g/mol. The molecule has 0 aliphatic carbocycles. The Morgan fingerprint density at radius 1 is 1.23 bits per heavy atom. The second-order valence-corrected chi connectivity index (χ2v) is 2.30. The number of carbonyl (C=O) groups excluding carboxylic acids is 1. The lowest BCUT2D eigenvalue weighted by atomic mass is 10.2. The zero-order valence-electron chi connectivity index (χ0n) is 6.97. The minimum Gasteiger partial charge on any atom is -0.479 e. The fraction of sp³-hybridized carbons (Fsp3) is 0.714. The lowest BCUT2D eigenvalue weighted by Gasteiger charge is -2.11. The van der Waals surface area contributed by atoms with Gasteiger partial charge in [0, 0.05) is 13.0 Å². The predicted octanol–water partition coefficient (Wildman–Crippen LogP) is -1.25. The molecule has 0 fully saturated rings. The summed E-state index contributed by atoms with van der Waals surface area (Å²) in [5.74, 6) is -2.09. The van der Waals surface area contributed by atoms with Crippen LogP contribution in [0.15, 0.2) is 0 Å². The fourth-order valence-electron chi connectivity index (χ4n) is 0.659. The molecule has 0 rings (SSSR count). The molecular formula is C7H12O6. The molecule has 0 saturated heterocycles. The van der Waals surface area contributed by atoms with Gasteiger partial charge in [-0.1, -0.05) is 0 Å². The van der Waals surface area contributed by atoms with E-state index in [0.29, 0.717) is 0 Å². The van der Waals surface area contributed by atoms with Crippen molar-refractivity contribution in [3.8, 4) is 0 Å². The Bertz CT molecular complexity index is 178. The highest BCUT2D eigenvalue weighted by Gasteiger charge is 2.20. The number of ether oxygens (including phenoxy) is 1. The quantitative estimate of drug-likeness (QED) is 0.454. The first-order valence-electron chi connectivity index (χ1n) is 3.75. The summed E-state index contributed by atoms with van der Waals surface area (Å²) in [4.78, 5) is 21.1. The number of aliphatic hydroxyl groups is 2. The van der Waals surface area contributed by atoms with E-state index in [-0.39, 0.29) is 26.1 Å². The van der Waals surface area contributed by atoms with E-state index < -0.39 is 18.0 Å². The highest BCUT2D eigenvalue weighted by atomic mass is 16.6. The summed E-state index contributed by atoms with van der Waals surface area (Å²) in [6, 6.07) is 0. The maximum atomic E-state index is 10.7. The van der Waals surface area contributed by atoms with E-state index in [1.165, 1.54) is 0 Å². The SMILES string of the molecule is O=C(CCO)OC(CCO)C(=O)O. The normalized spacial score (nSPS) is 12.2. The third-order valence-corrected chi connectivity index (χ3v) is 1.26. The zero-order valence-corrected chi connectivity index (χ0v) is 6.97. The number of carboxylic acids is 1. The number of carboxylic acid groups (broad SMARTS) is 1. The second-order valence-electron chi connectivity index (χ2n) is 2.30. The summed E-state index contributed by atoms with van der Waals surface area (Å²) in [6.45, 7) is -0.756. The highest BCUT2D eigenvalue weighted by molar-refractivity contribution is 5.77. The van der Waals surface area contributed by atoms with Crippen LogP contribution in [0.3, 0.4) is 0 Å². The van der Waals surface area contributed by atoms with E-state index in [1.807, 2.05) is 0 Å². The van der Waals surface area contributed by atoms with Crippen molar-refractivity contribution in [2.45, 2.75) is 18.9 Å². The molecule has 3 N–H and O–H groups in total. The molecule has 0 heterocycles. The van der Waals surface area contributed by atoms with Crippen molar-refractivity contribution in [2.75, 3.05) is 13.2 Å². The average Bonchev–Trinajstić information content (AvgIpc) is 2.04. The average molecular weight is 192 g/mol. The molecule has 0 aromatic heterocycles. The Balaban J connectivity index is 3.94. The lowest BCUT2D eigenvalue weighted by Crippen LogP contribution is -2.28. The molecule has 76 valence electrons. The Morgan fingerprint density at radius 3 is 2.23 bits per heavy atom. The molecule has 0 amide bonds. The van der Waals surface area contributed by atoms with Crippen molar-refractivity contribution in [3.63, 3.8) is 0 Å². The van der Waals surface area contributed by atoms with E-state index in [9.17, 15) is 9.59 Å². The number of aliphatic hydroxyl groups excluding tert-OH is 2. The van der Waals surface area contributed by atoms with E-state index >= 15 is 0 Å². The van der Waals surface area contributed by atoms with Gasteiger partial charge >= 0.3 is 11.9 Å². The topological polar surface area (TPSA) is 104 Å². The van der Waals surface area contributed by atoms with Gasteiger partial charge in [-0.25, -0.2) is 4.79 Å². The van der Waals surface area contributed by atoms with E-state index in [1.54, 1.807) is 0 Å². The van der Waals surface area contributed by atoms with Crippen LogP contribution < -0.4 is 0 Å². The van der Waals surface area contributed by atoms with Gasteiger partial charge < -0.3 is 20.1 Å². The van der Waals surface area contributed by atoms with Crippen molar-refractivity contribution >= 4 is 11.9 Å². The first-order valence-corrected chi connectivity index (χ1v) is 3.75. The van der Waals surface area contributed by atoms with Crippen LogP contribution in [-0.2, 0) is 14.3 Å². The molecule has 0 spiro atoms. The minimum atomic E-state index is -1.33. The molecule has 0 saturated carbocycles. The van der Waals surface area contributed by atoms with Crippen LogP contribution >= 0.6 is 0 Å². The molecule has 0 aliphatic heterocycles. The molecule has 0 aromatic carbocycles. The lowest BCUT2D eigenvalue weighted by molar-refractivity contribution is -0.165. The number of esters is 1. The van der Waals surface area contributed by atoms with Crippen molar-refractivity contribution < 1.29 is 29.6 Å². The van der Waals surface area contributed by atoms with Crippen LogP contribution in [0.1, 0.15) is 12.8 Å². The van der Waals surface area contributed by atoms with Gasteiger partial charge in [0.15, 0.2) is 0 Å². The molecule has 6 heteroatoms. The van der Waals surface area contributed by atoms with Gasteiger partial charge in [-0.3, -0.25) is 4.79 Å². The highest BCUT2D eigenvalue weighted by Crippen LogP contribution is 2.00. The third kappa shape index (κ3) is 5.15. The molecule has 0 radical (unpaired) electrons. The second kappa shape index (κ2) is 6.38. The number of hydrogen-bond donors (Lipinski definition) is 3. The van der Waals surface area contributed by atoms with Crippen LogP contribution in [0.25, 0.3) is 0 Å². The molecule has 0 aliphatic rings. The van der Waals surface area contributed by atoms with Crippen LogP contribution in [0.5, 0.6) is 0 Å². The summed E-state index contributed by atoms with van der Waals surface area (Å²) in [5, 5.41) is 25.2. The van der Waals surface area contributed by atoms with E-state index in [4.69, 9.17) is 15.3 Å². The minimum absolute atomic E-state index is 0.146. The standard InChI is InChI=1S/C7H12O6/c8-3-1-5(7(11)12)13-6(10)2-4-9/h5,8-9H,1-4H2,(H,11,12). The van der Waals surface area contributed by atoms with Crippen molar-refractivity contribution in [2.24, 2.45) is 0 Å². The van der Waals surface area contributed by atoms with E-state index in [0.717, 1.165) is 0 Å². The fourth-order valence-corrected chi connectivity index (χ4v) is 0.659. The van der Waals surface area contributed by atoms with Gasteiger partial charge in [-0.15, -0.1) is 0 Å². The Kier molecular flexibility index (Phi) is 5.82. The molecule has 13 heavy (non-hydrogen) atoms. The Labute approximate surface area is 74.7 Å². The predicted molar refractivity (Wildman–Crippen MR) is 40.9 cm³/mol. The van der Waals surface area contributed by atoms with Crippen molar-refractivity contribution in [1.82, 2.24) is 0 Å². The molecule has 6 nitrogen and oxygen atoms in total. The van der Waals surface area contributed by atoms with Gasteiger partial charge in [-0.2, -0.15) is 0 Å². The Morgan fingerprint density at radius 2 is 1.85 bits per heavy atom. The summed E-state index contributed by atoms with van der Waals surface area (Å²) in [6.07, 6.45) is -1.72. The molecular weight excluding hydrogens is 180 g/mol. The number of carbonyl (C=O) groups is 2. The van der Waals surface area contributed by atoms with Crippen LogP contribution in [-0.4, -0.2) is 46.6 Å². The van der Waals surface area contributed by atoms with Gasteiger partial charge in [0.05, 0.1) is 13.0 Å². The first kappa shape index (κ1) is 11.9. The summed E-state index contributed by atoms with van der Waals surface area (Å²) >= 11 is 0. The van der Waals surface area contributed by atoms with Gasteiger partial charge in [-0.05, 0) is 0 Å². The maximum Gasteiger partial charge on any atom is 0.345 e. The smallest absolute Gasteiger partial charge is 0.345 e. The van der Waals surface area contributed by atoms with E-state index in [2.05, 4.69) is 4.74 Å². The summed E-state index contributed by atoms with van der Waals surface area (Å²) in [7, 11) is 0. The van der Waals surface area contributed by atoms with Gasteiger partial charge in [0.1, 0.15) is 0 Å². The number of rotatable bonds is 6. The molecule has 0 aromatic rings. The summed E-state index contributed by atoms with van der Waals surface area (Å²) in [5.41, 5.74) is 0. The van der Waals surface area contributed by atoms with Gasteiger partial charge in [0.2, 0.25) is 6.10 Å². The summed E-state index contributed by atoms with van der Waals surface area (Å²) < 4.78 is 4.43. The van der Waals surface area contributed by atoms with Crippen LogP contribution in [0.2, 0.25) is 0 Å². The Hall–Kier alpha value is -1.14. The molecule has 0 bridgehead atoms. The third-order valence-electron chi connectivity index (χ3n) is 1.26. The number of aliphatic carboxylic acids is 1. The molecule has 1 unspecified atom stereocenters. The van der Waals surface area contributed by atoms with Gasteiger partial charge in [0.25, 0.3) is 0 Å². The van der Waals surface area contributed by atoms with Crippen molar-refractivity contribution in [3.05, 3.63) is 0 Å². The maximum absolute atomic E-state index is 10.7.